The molecule has 5 aromatic carbocycles. The predicted octanol–water partition coefficient (Wildman–Crippen LogP) is 7.68. The minimum absolute atomic E-state index is 0.0986. The molecule has 2 saturated carbocycles. The van der Waals surface area contributed by atoms with Gasteiger partial charge in [-0.15, -0.1) is 0 Å². The standard InChI is InChI=1S/C26H31Cl2FN4O4S.C17H23Cl2N3O5S.C17H21Cl2N3O5S.C9H10FN.CH4/c1-38(36,37)33-13-11-32(12-14-33)26(35)23(31-25(34)18-6-9-21(27)22(28)15-18)3-2-10-30-24-16-20(24)17-4-7-19(29)8-5-17;2*1-28(26,27)22-8-6-21(7-9-22)17(25)15(3-2-10-23)20-16(24)12-4-5-13(18)14(19)11-12;10-7-3-1-6(2-4-7)8-5-9(8)11;/h4-9,15,20,23-24,30H,2-3,10-14,16H2,1H3,(H,31,34);4-5,11,15,23H,2-3,6-10H2,1H3,(H,20,24);4-5,10-11,15H,2-3,6-9H2,1H3,(H,20,24);1-4,8-9H,5,11H2;1H4/t20-,23-,24+;2*15-;8-,9+;/m0000./s1/i;;;;1D. The monoisotopic (exact) mass is 1650 g/mol. The second-order valence-electron chi connectivity index (χ2n) is 25.7. The number of rotatable bonds is 25. The van der Waals surface area contributed by atoms with Crippen molar-refractivity contribution in [1.82, 2.24) is 48.9 Å². The highest BCUT2D eigenvalue weighted by Crippen LogP contribution is 2.41. The highest BCUT2D eigenvalue weighted by atomic mass is 35.5. The number of nitrogens with zero attached hydrogens (tertiary/aromatic N) is 6. The Morgan fingerprint density at radius 1 is 0.500 bits per heavy atom. The maximum atomic E-state index is 13.4. The third-order valence-corrected chi connectivity index (χ3v) is 24.1. The number of piperazine rings is 3. The molecule has 0 unspecified atom stereocenters. The molecular formula is C70H89Cl6F2N11O14S3. The highest BCUT2D eigenvalue weighted by Gasteiger charge is 2.39. The largest absolute Gasteiger partial charge is 0.396 e. The summed E-state index contributed by atoms with van der Waals surface area (Å²) in [6.45, 7) is 3.17. The smallest absolute Gasteiger partial charge is 0.251 e. The van der Waals surface area contributed by atoms with Crippen molar-refractivity contribution in [2.24, 2.45) is 5.73 Å². The van der Waals surface area contributed by atoms with E-state index in [4.69, 9.17) is 81.8 Å². The number of aliphatic hydroxyl groups is 1. The fourth-order valence-electron chi connectivity index (χ4n) is 11.7. The van der Waals surface area contributed by atoms with Gasteiger partial charge < -0.3 is 51.6 Å². The number of amides is 6. The number of carbonyl (C=O) groups is 7. The first-order valence-electron chi connectivity index (χ1n) is 34.6. The summed E-state index contributed by atoms with van der Waals surface area (Å²) in [6.07, 6.45) is 7.96. The van der Waals surface area contributed by atoms with Crippen molar-refractivity contribution in [2.75, 3.05) is 110 Å². The predicted molar refractivity (Wildman–Crippen MR) is 407 cm³/mol. The van der Waals surface area contributed by atoms with Crippen molar-refractivity contribution in [1.29, 1.82) is 0 Å². The van der Waals surface area contributed by atoms with E-state index in [9.17, 15) is 67.6 Å². The van der Waals surface area contributed by atoms with Crippen molar-refractivity contribution < 1.29 is 74.1 Å². The first-order valence-corrected chi connectivity index (χ1v) is 41.4. The van der Waals surface area contributed by atoms with Gasteiger partial charge in [0.2, 0.25) is 47.8 Å². The summed E-state index contributed by atoms with van der Waals surface area (Å²) >= 11 is 35.6. The first-order chi connectivity index (χ1) is 50.6. The van der Waals surface area contributed by atoms with Crippen LogP contribution in [0, 0.1) is 11.6 Å². The molecule has 0 radical (unpaired) electrons. The Labute approximate surface area is 649 Å². The minimum Gasteiger partial charge on any atom is -0.396 e. The van der Waals surface area contributed by atoms with Gasteiger partial charge in [-0.3, -0.25) is 28.8 Å². The van der Waals surface area contributed by atoms with Crippen molar-refractivity contribution in [2.45, 2.75) is 101 Å². The Morgan fingerprint density at radius 2 is 0.811 bits per heavy atom. The van der Waals surface area contributed by atoms with E-state index >= 15 is 0 Å². The quantitative estimate of drug-likeness (QED) is 0.0241. The molecule has 0 bridgehead atoms. The van der Waals surface area contributed by atoms with E-state index in [1.54, 1.807) is 23.1 Å². The van der Waals surface area contributed by atoms with Crippen LogP contribution in [0.5, 0.6) is 0 Å². The molecule has 582 valence electrons. The molecule has 25 nitrogen and oxygen atoms in total. The van der Waals surface area contributed by atoms with Crippen LogP contribution < -0.4 is 27.0 Å². The van der Waals surface area contributed by atoms with Gasteiger partial charge in [-0.1, -0.05) is 101 Å². The zero-order valence-electron chi connectivity index (χ0n) is 59.8. The van der Waals surface area contributed by atoms with E-state index in [0.717, 1.165) is 37.2 Å². The van der Waals surface area contributed by atoms with E-state index in [2.05, 4.69) is 21.3 Å². The van der Waals surface area contributed by atoms with E-state index < -0.39 is 65.9 Å². The van der Waals surface area contributed by atoms with E-state index in [1.807, 2.05) is 12.1 Å². The van der Waals surface area contributed by atoms with Crippen molar-refractivity contribution in [3.05, 3.63) is 173 Å². The molecule has 5 aliphatic rings. The van der Waals surface area contributed by atoms with Crippen molar-refractivity contribution in [3.63, 3.8) is 0 Å². The molecule has 7 N–H and O–H groups in total. The summed E-state index contributed by atoms with van der Waals surface area (Å²) in [6, 6.07) is 24.5. The van der Waals surface area contributed by atoms with Gasteiger partial charge in [0, 0.05) is 134 Å². The van der Waals surface area contributed by atoms with Gasteiger partial charge in [0.25, 0.3) is 17.7 Å². The number of benzene rings is 5. The summed E-state index contributed by atoms with van der Waals surface area (Å²) in [5.41, 5.74) is 8.69. The molecule has 7 atom stereocenters. The Bertz CT molecular complexity index is 4230. The third kappa shape index (κ3) is 27.1. The van der Waals surface area contributed by atoms with Crippen LogP contribution in [-0.2, 0) is 49.2 Å². The van der Waals surface area contributed by atoms with Crippen LogP contribution in [0.15, 0.2) is 103 Å². The van der Waals surface area contributed by atoms with Crippen molar-refractivity contribution >= 4 is 141 Å². The zero-order chi connectivity index (χ0) is 79.1. The maximum Gasteiger partial charge on any atom is 0.251 e. The lowest BCUT2D eigenvalue weighted by Crippen LogP contribution is -2.55. The lowest BCUT2D eigenvalue weighted by atomic mass is 10.1. The number of hydrogen-bond donors (Lipinski definition) is 6. The SMILES string of the molecule is CS(=O)(=O)N1CCN(C(=O)[C@H](CCC=O)NC(=O)c2ccc(Cl)c(Cl)c2)CC1.CS(=O)(=O)N1CCN(C(=O)[C@H](CCCN[C@@H]2C[C@H]2c2ccc(F)cc2)NC(=O)c2ccc(Cl)c(Cl)c2)CC1.CS(=O)(=O)N1CCN(C(=O)[C@H](CCCO)NC(=O)c2ccc(Cl)c(Cl)c2)CC1.N[C@@H]1C[C@H]1c1ccc(F)cc1.[2H]C. The number of halogens is 8. The van der Waals surface area contributed by atoms with E-state index in [0.29, 0.717) is 71.1 Å². The van der Waals surface area contributed by atoms with Crippen LogP contribution in [0.1, 0.15) is 114 Å². The molecule has 3 saturated heterocycles. The van der Waals surface area contributed by atoms with Gasteiger partial charge in [0.15, 0.2) is 0 Å². The number of nitrogens with two attached hydrogens (primary N) is 1. The third-order valence-electron chi connectivity index (χ3n) is 17.9. The zero-order valence-corrected chi connectivity index (χ0v) is 65.7. The summed E-state index contributed by atoms with van der Waals surface area (Å²) < 4.78 is 105. The van der Waals surface area contributed by atoms with Crippen LogP contribution in [0.4, 0.5) is 8.78 Å². The van der Waals surface area contributed by atoms with Gasteiger partial charge in [0.1, 0.15) is 36.0 Å². The van der Waals surface area contributed by atoms with Gasteiger partial charge in [-0.05, 0) is 141 Å². The van der Waals surface area contributed by atoms with Crippen LogP contribution in [0.3, 0.4) is 0 Å². The Balaban J connectivity index is 0.000000234. The first kappa shape index (κ1) is 87.0. The number of aliphatic hydroxyl groups excluding tert-OH is 1. The topological polar surface area (TPSA) is 336 Å². The molecule has 106 heavy (non-hydrogen) atoms. The van der Waals surface area contributed by atoms with Crippen LogP contribution >= 0.6 is 69.6 Å². The summed E-state index contributed by atoms with van der Waals surface area (Å²) in [4.78, 5) is 92.4. The lowest BCUT2D eigenvalue weighted by molar-refractivity contribution is -0.135. The number of aldehydes is 1. The van der Waals surface area contributed by atoms with Crippen LogP contribution in [-0.4, -0.2) is 240 Å². The summed E-state index contributed by atoms with van der Waals surface area (Å²) in [5.74, 6) is -1.96. The second-order valence-corrected chi connectivity index (χ2v) is 34.1. The Kier molecular flexibility index (Phi) is 33.7. The molecule has 2 aliphatic carbocycles. The number of sulfonamides is 3. The fourth-order valence-corrected chi connectivity index (χ4v) is 15.1. The molecule has 3 heterocycles. The minimum atomic E-state index is -3.33. The molecule has 3 aliphatic heterocycles. The Morgan fingerprint density at radius 3 is 1.10 bits per heavy atom. The fraction of sp³-hybridized carbons (Fsp3) is 0.471. The van der Waals surface area contributed by atoms with Crippen LogP contribution in [0.25, 0.3) is 0 Å². The second kappa shape index (κ2) is 41.0. The lowest BCUT2D eigenvalue weighted by Gasteiger charge is -2.35. The molecule has 5 fully saturated rings. The highest BCUT2D eigenvalue weighted by molar-refractivity contribution is 7.88. The van der Waals surface area contributed by atoms with Gasteiger partial charge in [-0.25, -0.2) is 34.0 Å². The van der Waals surface area contributed by atoms with Crippen LogP contribution in [0.2, 0.25) is 30.1 Å². The summed E-state index contributed by atoms with van der Waals surface area (Å²) in [5, 5.41) is 22.3. The van der Waals surface area contributed by atoms with Gasteiger partial charge in [0.05, 0.1) is 48.9 Å². The average molecular weight is 1660 g/mol. The Hall–Kier alpha value is -6.20. The average Bonchev–Trinajstić information content (AvgIpc) is 1.40. The molecule has 10 rings (SSSR count). The van der Waals surface area contributed by atoms with Gasteiger partial charge >= 0.3 is 0 Å². The summed E-state index contributed by atoms with van der Waals surface area (Å²) in [7, 11) is -8.70. The molecule has 5 aromatic rings. The number of nitrogens with one attached hydrogen (secondary N) is 4. The maximum absolute atomic E-state index is 13.4. The molecule has 0 aromatic heterocycles. The molecule has 36 heteroatoms. The van der Waals surface area contributed by atoms with E-state index in [1.165, 1.54) is 108 Å². The normalized spacial score (nSPS) is 19.2. The van der Waals surface area contributed by atoms with E-state index in [-0.39, 0.29) is 166 Å². The number of hydrogen-bond acceptors (Lipinski definition) is 16. The van der Waals surface area contributed by atoms with Crippen molar-refractivity contribution in [3.8, 4) is 0 Å². The molecule has 6 amide bonds. The molecular weight excluding hydrogens is 1570 g/mol. The van der Waals surface area contributed by atoms with Gasteiger partial charge in [-0.2, -0.15) is 12.9 Å². The number of carbonyl (C=O) groups excluding carboxylic acids is 7. The molecule has 0 spiro atoms.